The fourth-order valence-electron chi connectivity index (χ4n) is 5.34. The van der Waals surface area contributed by atoms with E-state index < -0.39 is 35.5 Å². The number of carbonyl (C=O) groups is 4. The van der Waals surface area contributed by atoms with Gasteiger partial charge >= 0.3 is 0 Å². The highest BCUT2D eigenvalue weighted by atomic mass is 16.6. The summed E-state index contributed by atoms with van der Waals surface area (Å²) in [5.74, 6) is -0.536. The van der Waals surface area contributed by atoms with Crippen molar-refractivity contribution < 1.29 is 33.4 Å². The lowest BCUT2D eigenvalue weighted by Gasteiger charge is -2.26. The van der Waals surface area contributed by atoms with Crippen LogP contribution < -0.4 is 20.7 Å². The van der Waals surface area contributed by atoms with Crippen molar-refractivity contribution in [2.45, 2.75) is 82.5 Å². The molecule has 3 amide bonds. The molecule has 3 aliphatic rings. The maximum Gasteiger partial charge on any atom is 0.243 e. The van der Waals surface area contributed by atoms with Crippen LogP contribution in [0, 0.1) is 11.8 Å². The molecule has 3 fully saturated rings. The maximum atomic E-state index is 13.6. The smallest absolute Gasteiger partial charge is 0.243 e. The highest BCUT2D eigenvalue weighted by Gasteiger charge is 2.50. The van der Waals surface area contributed by atoms with Gasteiger partial charge in [-0.05, 0) is 50.3 Å². The van der Waals surface area contributed by atoms with Gasteiger partial charge in [-0.1, -0.05) is 37.8 Å². The zero-order valence-electron chi connectivity index (χ0n) is 23.1. The van der Waals surface area contributed by atoms with Crippen molar-refractivity contribution in [1.82, 2.24) is 16.0 Å². The molecule has 0 spiro atoms. The van der Waals surface area contributed by atoms with E-state index in [0.717, 1.165) is 31.2 Å². The quantitative estimate of drug-likeness (QED) is 0.322. The van der Waals surface area contributed by atoms with Gasteiger partial charge in [-0.25, -0.2) is 0 Å². The van der Waals surface area contributed by atoms with E-state index in [-0.39, 0.29) is 24.0 Å². The van der Waals surface area contributed by atoms with Gasteiger partial charge in [0.15, 0.2) is 5.78 Å². The molecule has 2 aliphatic heterocycles. The molecule has 0 bridgehead atoms. The molecule has 1 saturated carbocycles. The summed E-state index contributed by atoms with van der Waals surface area (Å²) < 4.78 is 15.9. The predicted molar refractivity (Wildman–Crippen MR) is 143 cm³/mol. The fourth-order valence-corrected chi connectivity index (χ4v) is 5.34. The summed E-state index contributed by atoms with van der Waals surface area (Å²) >= 11 is 0. The van der Waals surface area contributed by atoms with Crippen LogP contribution in [-0.4, -0.2) is 74.2 Å². The molecule has 1 aromatic rings. The lowest BCUT2D eigenvalue weighted by molar-refractivity contribution is -0.134. The third-order valence-electron chi connectivity index (χ3n) is 8.06. The van der Waals surface area contributed by atoms with Crippen LogP contribution in [0.2, 0.25) is 0 Å². The van der Waals surface area contributed by atoms with Gasteiger partial charge in [0, 0.05) is 13.0 Å². The first-order chi connectivity index (χ1) is 18.7. The number of ether oxygens (including phenoxy) is 3. The molecule has 4 rings (SSSR count). The van der Waals surface area contributed by atoms with Crippen molar-refractivity contribution in [3.63, 3.8) is 0 Å². The summed E-state index contributed by atoms with van der Waals surface area (Å²) in [4.78, 5) is 52.6. The molecule has 2 saturated heterocycles. The van der Waals surface area contributed by atoms with Crippen molar-refractivity contribution in [1.29, 1.82) is 0 Å². The molecule has 1 aliphatic carbocycles. The lowest BCUT2D eigenvalue weighted by atomic mass is 9.90. The maximum absolute atomic E-state index is 13.6. The van der Waals surface area contributed by atoms with Gasteiger partial charge in [0.05, 0.1) is 32.3 Å². The largest absolute Gasteiger partial charge is 0.497 e. The summed E-state index contributed by atoms with van der Waals surface area (Å²) in [5.41, 5.74) is -0.0548. The highest BCUT2D eigenvalue weighted by Crippen LogP contribution is 2.33. The molecule has 5 unspecified atom stereocenters. The topological polar surface area (TPSA) is 135 Å². The molecule has 0 radical (unpaired) electrons. The predicted octanol–water partition coefficient (Wildman–Crippen LogP) is 1.69. The van der Waals surface area contributed by atoms with Crippen molar-refractivity contribution >= 4 is 23.5 Å². The standard InChI is InChI=1S/C29H41N3O7/c1-18(30-27(35)21-12-13-38-16-21)26(34)32-24(15-20-8-10-22(37-3)11-9-20)28(36)31-23(14-19-6-4-5-7-19)25(33)29(2)17-39-29/h8-11,18-19,21,23-24H,4-7,12-17H2,1-3H3,(H,30,35)(H,31,36)(H,32,34). The first-order valence-electron chi connectivity index (χ1n) is 14.0. The number of ketones is 1. The number of amides is 3. The Morgan fingerprint density at radius 2 is 1.67 bits per heavy atom. The van der Waals surface area contributed by atoms with Gasteiger partial charge in [0.2, 0.25) is 17.7 Å². The van der Waals surface area contributed by atoms with Crippen LogP contribution in [0.25, 0.3) is 0 Å². The lowest BCUT2D eigenvalue weighted by Crippen LogP contribution is -2.57. The second-order valence-electron chi connectivity index (χ2n) is 11.2. The molecule has 5 atom stereocenters. The SMILES string of the molecule is COc1ccc(CC(NC(=O)C(C)NC(=O)C2CCOC2)C(=O)NC(CC2CCCC2)C(=O)C2(C)CO2)cc1. The van der Waals surface area contributed by atoms with Crippen molar-refractivity contribution in [2.24, 2.45) is 11.8 Å². The van der Waals surface area contributed by atoms with Gasteiger partial charge in [-0.2, -0.15) is 0 Å². The van der Waals surface area contributed by atoms with Crippen molar-refractivity contribution in [3.8, 4) is 5.75 Å². The third-order valence-corrected chi connectivity index (χ3v) is 8.06. The average Bonchev–Trinajstić information content (AvgIpc) is 3.32. The monoisotopic (exact) mass is 543 g/mol. The van der Waals surface area contributed by atoms with Crippen molar-refractivity contribution in [3.05, 3.63) is 29.8 Å². The molecule has 39 heavy (non-hydrogen) atoms. The zero-order valence-corrected chi connectivity index (χ0v) is 23.1. The molecule has 3 N–H and O–H groups in total. The Hall–Kier alpha value is -2.98. The highest BCUT2D eigenvalue weighted by molar-refractivity contribution is 5.98. The van der Waals surface area contributed by atoms with Crippen LogP contribution in [0.5, 0.6) is 5.75 Å². The number of epoxide rings is 1. The second-order valence-corrected chi connectivity index (χ2v) is 11.2. The Kier molecular flexibility index (Phi) is 9.61. The molecule has 1 aromatic carbocycles. The Morgan fingerprint density at radius 1 is 1.00 bits per heavy atom. The number of nitrogens with one attached hydrogen (secondary N) is 3. The molecule has 10 heteroatoms. The number of hydrogen-bond donors (Lipinski definition) is 3. The normalized spacial score (nSPS) is 24.8. The van der Waals surface area contributed by atoms with Crippen LogP contribution >= 0.6 is 0 Å². The van der Waals surface area contributed by atoms with E-state index in [1.807, 2.05) is 12.1 Å². The number of rotatable bonds is 13. The molecule has 2 heterocycles. The first kappa shape index (κ1) is 29.0. The summed E-state index contributed by atoms with van der Waals surface area (Å²) in [6.45, 7) is 4.54. The summed E-state index contributed by atoms with van der Waals surface area (Å²) in [6, 6.07) is 4.74. The van der Waals surface area contributed by atoms with Crippen LogP contribution in [0.4, 0.5) is 0 Å². The van der Waals surface area contributed by atoms with Gasteiger partial charge < -0.3 is 30.2 Å². The Bertz CT molecular complexity index is 1030. The fraction of sp³-hybridized carbons (Fsp3) is 0.655. The van der Waals surface area contributed by atoms with E-state index in [1.165, 1.54) is 0 Å². The van der Waals surface area contributed by atoms with E-state index in [1.54, 1.807) is 33.1 Å². The minimum atomic E-state index is -0.952. The summed E-state index contributed by atoms with van der Waals surface area (Å²) in [7, 11) is 1.57. The van der Waals surface area contributed by atoms with E-state index in [4.69, 9.17) is 14.2 Å². The average molecular weight is 544 g/mol. The first-order valence-corrected chi connectivity index (χ1v) is 14.0. The molecule has 10 nitrogen and oxygen atoms in total. The zero-order chi connectivity index (χ0) is 28.0. The minimum absolute atomic E-state index is 0.128. The second kappa shape index (κ2) is 12.9. The van der Waals surface area contributed by atoms with Crippen LogP contribution in [0.15, 0.2) is 24.3 Å². The van der Waals surface area contributed by atoms with Gasteiger partial charge in [0.1, 0.15) is 23.4 Å². The number of benzene rings is 1. The Labute approximate surface area is 229 Å². The Morgan fingerprint density at radius 3 is 2.26 bits per heavy atom. The van der Waals surface area contributed by atoms with Crippen LogP contribution in [-0.2, 0) is 35.1 Å². The van der Waals surface area contributed by atoms with E-state index in [2.05, 4.69) is 16.0 Å². The minimum Gasteiger partial charge on any atom is -0.497 e. The Balaban J connectivity index is 1.46. The number of methoxy groups -OCH3 is 1. The number of hydrogen-bond acceptors (Lipinski definition) is 7. The molecular formula is C29H41N3O7. The van der Waals surface area contributed by atoms with Gasteiger partial charge in [-0.15, -0.1) is 0 Å². The van der Waals surface area contributed by atoms with Gasteiger partial charge in [0.25, 0.3) is 0 Å². The summed E-state index contributed by atoms with van der Waals surface area (Å²) in [6.07, 6.45) is 5.69. The molecule has 214 valence electrons. The van der Waals surface area contributed by atoms with Crippen LogP contribution in [0.1, 0.15) is 57.9 Å². The summed E-state index contributed by atoms with van der Waals surface area (Å²) in [5, 5.41) is 8.49. The van der Waals surface area contributed by atoms with Crippen LogP contribution in [0.3, 0.4) is 0 Å². The molecule has 0 aromatic heterocycles. The van der Waals surface area contributed by atoms with E-state index in [0.29, 0.717) is 44.3 Å². The molecular weight excluding hydrogens is 502 g/mol. The number of Topliss-reactive ketones (excluding diaryl/α,β-unsaturated/α-hetero) is 1. The number of carbonyl (C=O) groups excluding carboxylic acids is 4. The van der Waals surface area contributed by atoms with E-state index >= 15 is 0 Å². The van der Waals surface area contributed by atoms with Gasteiger partial charge in [-0.3, -0.25) is 19.2 Å². The van der Waals surface area contributed by atoms with E-state index in [9.17, 15) is 19.2 Å². The van der Waals surface area contributed by atoms with Crippen molar-refractivity contribution in [2.75, 3.05) is 26.9 Å². The third kappa shape index (κ3) is 7.79.